The molecule has 0 unspecified atom stereocenters. The standard InChI is InChI=1S/C13H13FN2O4S2/c1-21(17,18)15-12-8-7-10(14)9-13(12)16-22(19,20)11-5-3-2-4-6-11/h2-9,15-16H,1H3. The summed E-state index contributed by atoms with van der Waals surface area (Å²) in [6.07, 6.45) is 0.909. The predicted molar refractivity (Wildman–Crippen MR) is 82.1 cm³/mol. The summed E-state index contributed by atoms with van der Waals surface area (Å²) in [5.74, 6) is -0.704. The maximum Gasteiger partial charge on any atom is 0.261 e. The van der Waals surface area contributed by atoms with E-state index < -0.39 is 25.9 Å². The Hall–Kier alpha value is -2.13. The summed E-state index contributed by atoms with van der Waals surface area (Å²) < 4.78 is 64.7. The van der Waals surface area contributed by atoms with Crippen LogP contribution in [-0.2, 0) is 20.0 Å². The lowest BCUT2D eigenvalue weighted by Crippen LogP contribution is -2.16. The highest BCUT2D eigenvalue weighted by molar-refractivity contribution is 7.93. The number of benzene rings is 2. The fraction of sp³-hybridized carbons (Fsp3) is 0.0769. The molecule has 0 radical (unpaired) electrons. The van der Waals surface area contributed by atoms with Crippen LogP contribution >= 0.6 is 0 Å². The molecular formula is C13H13FN2O4S2. The van der Waals surface area contributed by atoms with Gasteiger partial charge in [0.2, 0.25) is 10.0 Å². The second-order valence-electron chi connectivity index (χ2n) is 4.48. The van der Waals surface area contributed by atoms with E-state index >= 15 is 0 Å². The van der Waals surface area contributed by atoms with Gasteiger partial charge in [0.25, 0.3) is 10.0 Å². The summed E-state index contributed by atoms with van der Waals surface area (Å²) in [5, 5.41) is 0. The van der Waals surface area contributed by atoms with Gasteiger partial charge in [-0.25, -0.2) is 21.2 Å². The van der Waals surface area contributed by atoms with Crippen molar-refractivity contribution in [2.24, 2.45) is 0 Å². The SMILES string of the molecule is CS(=O)(=O)Nc1ccc(F)cc1NS(=O)(=O)c1ccccc1. The average molecular weight is 344 g/mol. The number of hydrogen-bond acceptors (Lipinski definition) is 4. The van der Waals surface area contributed by atoms with E-state index in [-0.39, 0.29) is 16.3 Å². The van der Waals surface area contributed by atoms with Crippen molar-refractivity contribution in [3.8, 4) is 0 Å². The molecule has 22 heavy (non-hydrogen) atoms. The number of hydrogen-bond donors (Lipinski definition) is 2. The minimum atomic E-state index is -3.96. The first-order valence-electron chi connectivity index (χ1n) is 6.02. The Morgan fingerprint density at radius 3 is 2.09 bits per heavy atom. The van der Waals surface area contributed by atoms with Gasteiger partial charge in [0, 0.05) is 6.07 Å². The smallest absolute Gasteiger partial charge is 0.261 e. The van der Waals surface area contributed by atoms with Crippen LogP contribution in [0.5, 0.6) is 0 Å². The zero-order valence-electron chi connectivity index (χ0n) is 11.4. The maximum atomic E-state index is 13.3. The van der Waals surface area contributed by atoms with Crippen molar-refractivity contribution in [2.75, 3.05) is 15.7 Å². The molecule has 2 rings (SSSR count). The Morgan fingerprint density at radius 2 is 1.50 bits per heavy atom. The van der Waals surface area contributed by atoms with Crippen LogP contribution in [0.3, 0.4) is 0 Å². The summed E-state index contributed by atoms with van der Waals surface area (Å²) >= 11 is 0. The Morgan fingerprint density at radius 1 is 0.864 bits per heavy atom. The highest BCUT2D eigenvalue weighted by Gasteiger charge is 2.17. The molecule has 0 aliphatic rings. The molecule has 0 bridgehead atoms. The van der Waals surface area contributed by atoms with E-state index in [1.165, 1.54) is 24.3 Å². The van der Waals surface area contributed by atoms with Gasteiger partial charge < -0.3 is 0 Å². The van der Waals surface area contributed by atoms with Gasteiger partial charge >= 0.3 is 0 Å². The Bertz CT molecular complexity index is 882. The molecule has 0 saturated carbocycles. The van der Waals surface area contributed by atoms with Crippen molar-refractivity contribution in [1.82, 2.24) is 0 Å². The zero-order chi connectivity index (χ0) is 16.4. The molecule has 2 aromatic rings. The molecule has 6 nitrogen and oxygen atoms in total. The van der Waals surface area contributed by atoms with Crippen LogP contribution in [0, 0.1) is 5.82 Å². The maximum absolute atomic E-state index is 13.3. The van der Waals surface area contributed by atoms with E-state index in [1.807, 2.05) is 0 Å². The minimum absolute atomic E-state index is 0.0235. The number of sulfonamides is 2. The summed E-state index contributed by atoms with van der Waals surface area (Å²) in [6.45, 7) is 0. The third-order valence-electron chi connectivity index (χ3n) is 2.57. The average Bonchev–Trinajstić information content (AvgIpc) is 2.41. The fourth-order valence-electron chi connectivity index (χ4n) is 1.69. The first-order valence-corrected chi connectivity index (χ1v) is 9.40. The van der Waals surface area contributed by atoms with Crippen LogP contribution in [-0.4, -0.2) is 23.1 Å². The molecule has 2 N–H and O–H groups in total. The first kappa shape index (κ1) is 16.2. The van der Waals surface area contributed by atoms with Crippen LogP contribution in [0.25, 0.3) is 0 Å². The van der Waals surface area contributed by atoms with Crippen molar-refractivity contribution in [3.63, 3.8) is 0 Å². The van der Waals surface area contributed by atoms with Crippen molar-refractivity contribution in [2.45, 2.75) is 4.90 Å². The number of halogens is 1. The molecule has 0 amide bonds. The van der Waals surface area contributed by atoms with E-state index in [1.54, 1.807) is 6.07 Å². The number of anilines is 2. The largest absolute Gasteiger partial charge is 0.282 e. The molecule has 0 fully saturated rings. The fourth-order valence-corrected chi connectivity index (χ4v) is 3.36. The van der Waals surface area contributed by atoms with Crippen LogP contribution in [0.1, 0.15) is 0 Å². The number of nitrogens with one attached hydrogen (secondary N) is 2. The van der Waals surface area contributed by atoms with Crippen LogP contribution in [0.2, 0.25) is 0 Å². The molecule has 2 aromatic carbocycles. The lowest BCUT2D eigenvalue weighted by Gasteiger charge is -2.13. The third-order valence-corrected chi connectivity index (χ3v) is 4.55. The van der Waals surface area contributed by atoms with Gasteiger partial charge in [-0.2, -0.15) is 0 Å². The van der Waals surface area contributed by atoms with Crippen molar-refractivity contribution in [1.29, 1.82) is 0 Å². The number of rotatable bonds is 5. The van der Waals surface area contributed by atoms with E-state index in [4.69, 9.17) is 0 Å². The van der Waals surface area contributed by atoms with Gasteiger partial charge in [0.15, 0.2) is 0 Å². The van der Waals surface area contributed by atoms with Gasteiger partial charge in [-0.15, -0.1) is 0 Å². The zero-order valence-corrected chi connectivity index (χ0v) is 13.1. The third kappa shape index (κ3) is 4.18. The quantitative estimate of drug-likeness (QED) is 0.868. The van der Waals surface area contributed by atoms with Gasteiger partial charge in [-0.1, -0.05) is 18.2 Å². The molecule has 0 aliphatic carbocycles. The van der Waals surface area contributed by atoms with E-state index in [0.717, 1.165) is 24.5 Å². The molecule has 0 heterocycles. The second-order valence-corrected chi connectivity index (χ2v) is 7.91. The lowest BCUT2D eigenvalue weighted by atomic mass is 10.3. The van der Waals surface area contributed by atoms with E-state index in [2.05, 4.69) is 9.44 Å². The monoisotopic (exact) mass is 344 g/mol. The van der Waals surface area contributed by atoms with Crippen molar-refractivity contribution >= 4 is 31.4 Å². The lowest BCUT2D eigenvalue weighted by molar-refractivity contribution is 0.600. The summed E-state index contributed by atoms with van der Waals surface area (Å²) in [4.78, 5) is -0.0235. The molecule has 118 valence electrons. The summed E-state index contributed by atoms with van der Waals surface area (Å²) in [6, 6.07) is 10.5. The minimum Gasteiger partial charge on any atom is -0.282 e. The Balaban J connectivity index is 2.43. The van der Waals surface area contributed by atoms with Crippen molar-refractivity contribution < 1.29 is 21.2 Å². The topological polar surface area (TPSA) is 92.3 Å². The molecular weight excluding hydrogens is 331 g/mol. The molecule has 0 spiro atoms. The van der Waals surface area contributed by atoms with E-state index in [9.17, 15) is 21.2 Å². The van der Waals surface area contributed by atoms with Gasteiger partial charge in [0.1, 0.15) is 5.82 Å². The van der Waals surface area contributed by atoms with Crippen molar-refractivity contribution in [3.05, 3.63) is 54.3 Å². The van der Waals surface area contributed by atoms with Crippen LogP contribution < -0.4 is 9.44 Å². The van der Waals surface area contributed by atoms with E-state index in [0.29, 0.717) is 0 Å². The molecule has 0 aliphatic heterocycles. The molecule has 9 heteroatoms. The van der Waals surface area contributed by atoms with Crippen LogP contribution in [0.15, 0.2) is 53.4 Å². The molecule has 0 saturated heterocycles. The normalized spacial score (nSPS) is 11.9. The Kier molecular flexibility index (Phi) is 4.38. The summed E-state index contributed by atoms with van der Waals surface area (Å²) in [5.41, 5.74) is -0.266. The summed E-state index contributed by atoms with van der Waals surface area (Å²) in [7, 11) is -7.60. The van der Waals surface area contributed by atoms with Gasteiger partial charge in [-0.05, 0) is 24.3 Å². The second kappa shape index (κ2) is 5.93. The molecule has 0 aromatic heterocycles. The highest BCUT2D eigenvalue weighted by atomic mass is 32.2. The highest BCUT2D eigenvalue weighted by Crippen LogP contribution is 2.26. The first-order chi connectivity index (χ1) is 10.2. The molecule has 0 atom stereocenters. The van der Waals surface area contributed by atoms with Gasteiger partial charge in [-0.3, -0.25) is 9.44 Å². The Labute approximate surface area is 128 Å². The van der Waals surface area contributed by atoms with Crippen LogP contribution in [0.4, 0.5) is 15.8 Å². The predicted octanol–water partition coefficient (Wildman–Crippen LogP) is 2.00. The van der Waals surface area contributed by atoms with Gasteiger partial charge in [0.05, 0.1) is 22.5 Å².